The van der Waals surface area contributed by atoms with Gasteiger partial charge in [-0.25, -0.2) is 4.39 Å². The third kappa shape index (κ3) is 1.84. The largest absolute Gasteiger partial charge is 0.293 e. The fraction of sp³-hybridized carbons (Fsp3) is 0.125. The molecular formula is C8H5BrClFO. The first-order valence-corrected chi connectivity index (χ1v) is 4.70. The molecule has 0 fully saturated rings. The second-order valence-corrected chi connectivity index (χ2v) is 3.12. The quantitative estimate of drug-likeness (QED) is 0.583. The smallest absolute Gasteiger partial charge is 0.177 e. The van der Waals surface area contributed by atoms with E-state index in [-0.39, 0.29) is 21.7 Å². The van der Waals surface area contributed by atoms with Crippen molar-refractivity contribution in [2.45, 2.75) is 0 Å². The van der Waals surface area contributed by atoms with E-state index >= 15 is 0 Å². The summed E-state index contributed by atoms with van der Waals surface area (Å²) >= 11 is 8.57. The molecule has 4 heteroatoms. The minimum atomic E-state index is -0.577. The van der Waals surface area contributed by atoms with E-state index in [4.69, 9.17) is 11.6 Å². The van der Waals surface area contributed by atoms with Crippen LogP contribution in [0.1, 0.15) is 10.4 Å². The molecule has 0 aliphatic rings. The molecule has 0 unspecified atom stereocenters. The van der Waals surface area contributed by atoms with Crippen LogP contribution in [0.5, 0.6) is 0 Å². The number of benzene rings is 1. The van der Waals surface area contributed by atoms with Crippen LogP contribution in [0.3, 0.4) is 0 Å². The molecule has 0 amide bonds. The molecule has 0 radical (unpaired) electrons. The van der Waals surface area contributed by atoms with Gasteiger partial charge in [-0.05, 0) is 12.1 Å². The molecule has 0 saturated carbocycles. The molecule has 0 atom stereocenters. The summed E-state index contributed by atoms with van der Waals surface area (Å²) in [7, 11) is 0. The summed E-state index contributed by atoms with van der Waals surface area (Å²) in [5.41, 5.74) is -0.0453. The second kappa shape index (κ2) is 4.01. The molecule has 0 aliphatic heterocycles. The first-order valence-electron chi connectivity index (χ1n) is 3.20. The van der Waals surface area contributed by atoms with Crippen LogP contribution in [-0.4, -0.2) is 11.1 Å². The summed E-state index contributed by atoms with van der Waals surface area (Å²) < 4.78 is 13.0. The lowest BCUT2D eigenvalue weighted by Crippen LogP contribution is -2.03. The van der Waals surface area contributed by atoms with Gasteiger partial charge in [0.05, 0.1) is 15.9 Å². The van der Waals surface area contributed by atoms with Gasteiger partial charge in [-0.15, -0.1) is 0 Å². The predicted octanol–water partition coefficient (Wildman–Crippen LogP) is 3.06. The highest BCUT2D eigenvalue weighted by molar-refractivity contribution is 9.09. The molecule has 64 valence electrons. The highest BCUT2D eigenvalue weighted by atomic mass is 79.9. The van der Waals surface area contributed by atoms with Crippen molar-refractivity contribution < 1.29 is 9.18 Å². The number of rotatable bonds is 2. The van der Waals surface area contributed by atoms with E-state index in [0.29, 0.717) is 0 Å². The SMILES string of the molecule is O=C(CBr)c1c(F)cccc1Cl. The molecule has 1 aromatic carbocycles. The molecule has 0 saturated heterocycles. The standard InChI is InChI=1S/C8H5BrClFO/c9-4-7(12)8-5(10)2-1-3-6(8)11/h1-3H,4H2. The average molecular weight is 251 g/mol. The lowest BCUT2D eigenvalue weighted by molar-refractivity contribution is 0.102. The Morgan fingerprint density at radius 2 is 2.25 bits per heavy atom. The Labute approximate surface area is 82.7 Å². The predicted molar refractivity (Wildman–Crippen MR) is 49.5 cm³/mol. The van der Waals surface area contributed by atoms with E-state index in [1.54, 1.807) is 0 Å². The van der Waals surface area contributed by atoms with Crippen LogP contribution in [0.15, 0.2) is 18.2 Å². The summed E-state index contributed by atoms with van der Waals surface area (Å²) in [6.45, 7) is 0. The zero-order valence-electron chi connectivity index (χ0n) is 5.98. The number of carbonyl (C=O) groups is 1. The first kappa shape index (κ1) is 9.68. The van der Waals surface area contributed by atoms with Crippen molar-refractivity contribution in [2.24, 2.45) is 0 Å². The minimum Gasteiger partial charge on any atom is -0.293 e. The van der Waals surface area contributed by atoms with E-state index < -0.39 is 5.82 Å². The maximum Gasteiger partial charge on any atom is 0.177 e. The minimum absolute atomic E-state index is 0.0453. The molecule has 0 heterocycles. The number of halogens is 3. The van der Waals surface area contributed by atoms with Gasteiger partial charge in [-0.1, -0.05) is 33.6 Å². The molecule has 1 rings (SSSR count). The van der Waals surface area contributed by atoms with Gasteiger partial charge in [0.2, 0.25) is 0 Å². The zero-order valence-corrected chi connectivity index (χ0v) is 8.32. The third-order valence-electron chi connectivity index (χ3n) is 1.36. The Morgan fingerprint density at radius 3 is 2.75 bits per heavy atom. The Morgan fingerprint density at radius 1 is 1.58 bits per heavy atom. The summed E-state index contributed by atoms with van der Waals surface area (Å²) in [5.74, 6) is -0.926. The number of alkyl halides is 1. The van der Waals surface area contributed by atoms with Crippen LogP contribution in [0.2, 0.25) is 5.02 Å². The molecule has 0 spiro atoms. The van der Waals surface area contributed by atoms with Gasteiger partial charge in [0, 0.05) is 0 Å². The van der Waals surface area contributed by atoms with Crippen molar-refractivity contribution in [1.29, 1.82) is 0 Å². The van der Waals surface area contributed by atoms with Crippen LogP contribution in [0, 0.1) is 5.82 Å². The van der Waals surface area contributed by atoms with Crippen molar-refractivity contribution in [2.75, 3.05) is 5.33 Å². The van der Waals surface area contributed by atoms with E-state index in [2.05, 4.69) is 15.9 Å². The number of ketones is 1. The lowest BCUT2D eigenvalue weighted by atomic mass is 10.1. The van der Waals surface area contributed by atoms with Crippen molar-refractivity contribution >= 4 is 33.3 Å². The molecule has 12 heavy (non-hydrogen) atoms. The molecule has 1 nitrogen and oxygen atoms in total. The van der Waals surface area contributed by atoms with Crippen LogP contribution >= 0.6 is 27.5 Å². The van der Waals surface area contributed by atoms with Gasteiger partial charge in [-0.3, -0.25) is 4.79 Å². The lowest BCUT2D eigenvalue weighted by Gasteiger charge is -2.00. The number of Topliss-reactive ketones (excluding diaryl/α,β-unsaturated/α-hetero) is 1. The van der Waals surface area contributed by atoms with E-state index in [9.17, 15) is 9.18 Å². The van der Waals surface area contributed by atoms with E-state index in [1.807, 2.05) is 0 Å². The number of carbonyl (C=O) groups excluding carboxylic acids is 1. The van der Waals surface area contributed by atoms with Gasteiger partial charge in [0.15, 0.2) is 5.78 Å². The van der Waals surface area contributed by atoms with Gasteiger partial charge in [-0.2, -0.15) is 0 Å². The van der Waals surface area contributed by atoms with Gasteiger partial charge >= 0.3 is 0 Å². The highest BCUT2D eigenvalue weighted by Gasteiger charge is 2.13. The zero-order chi connectivity index (χ0) is 9.14. The van der Waals surface area contributed by atoms with Crippen LogP contribution in [0.25, 0.3) is 0 Å². The first-order chi connectivity index (χ1) is 5.66. The van der Waals surface area contributed by atoms with Crippen molar-refractivity contribution in [3.8, 4) is 0 Å². The molecule has 1 aromatic rings. The molecule has 0 aromatic heterocycles. The number of hydrogen-bond acceptors (Lipinski definition) is 1. The highest BCUT2D eigenvalue weighted by Crippen LogP contribution is 2.19. The van der Waals surface area contributed by atoms with Crippen molar-refractivity contribution in [1.82, 2.24) is 0 Å². The van der Waals surface area contributed by atoms with Crippen LogP contribution < -0.4 is 0 Å². The summed E-state index contributed by atoms with van der Waals surface area (Å²) in [6.07, 6.45) is 0. The summed E-state index contributed by atoms with van der Waals surface area (Å²) in [5, 5.41) is 0.229. The maximum atomic E-state index is 13.0. The Balaban J connectivity index is 3.21. The summed E-state index contributed by atoms with van der Waals surface area (Å²) in [6, 6.07) is 4.16. The van der Waals surface area contributed by atoms with Crippen LogP contribution in [0.4, 0.5) is 4.39 Å². The van der Waals surface area contributed by atoms with E-state index in [1.165, 1.54) is 18.2 Å². The topological polar surface area (TPSA) is 17.1 Å². The Hall–Kier alpha value is -0.410. The molecule has 0 bridgehead atoms. The van der Waals surface area contributed by atoms with Crippen molar-refractivity contribution in [3.63, 3.8) is 0 Å². The fourth-order valence-corrected chi connectivity index (χ4v) is 1.38. The summed E-state index contributed by atoms with van der Waals surface area (Å²) in [4.78, 5) is 11.1. The van der Waals surface area contributed by atoms with E-state index in [0.717, 1.165) is 0 Å². The van der Waals surface area contributed by atoms with Crippen LogP contribution in [-0.2, 0) is 0 Å². The molecular weight excluding hydrogens is 246 g/mol. The van der Waals surface area contributed by atoms with Gasteiger partial charge in [0.1, 0.15) is 5.82 Å². The van der Waals surface area contributed by atoms with Gasteiger partial charge in [0.25, 0.3) is 0 Å². The Bertz CT molecular complexity index is 294. The second-order valence-electron chi connectivity index (χ2n) is 2.15. The maximum absolute atomic E-state index is 13.0. The normalized spacial score (nSPS) is 9.92. The third-order valence-corrected chi connectivity index (χ3v) is 2.19. The monoisotopic (exact) mass is 250 g/mol. The molecule has 0 N–H and O–H groups in total. The van der Waals surface area contributed by atoms with Gasteiger partial charge < -0.3 is 0 Å². The fourth-order valence-electron chi connectivity index (χ4n) is 0.831. The molecule has 0 aliphatic carbocycles. The number of hydrogen-bond donors (Lipinski definition) is 0. The Kier molecular flexibility index (Phi) is 3.23. The van der Waals surface area contributed by atoms with Crippen molar-refractivity contribution in [3.05, 3.63) is 34.6 Å². The average Bonchev–Trinajstić information content (AvgIpc) is 2.03.